The molecule has 1 amide bonds. The van der Waals surface area contributed by atoms with Crippen molar-refractivity contribution in [1.29, 1.82) is 0 Å². The van der Waals surface area contributed by atoms with Crippen molar-refractivity contribution >= 4 is 17.9 Å². The summed E-state index contributed by atoms with van der Waals surface area (Å²) < 4.78 is 4.98. The third kappa shape index (κ3) is 2.48. The highest BCUT2D eigenvalue weighted by Crippen LogP contribution is 2.31. The Kier molecular flexibility index (Phi) is 3.28. The van der Waals surface area contributed by atoms with E-state index in [2.05, 4.69) is 20.8 Å². The largest absolute Gasteiger partial charge is 0.480 e. The molecule has 0 saturated heterocycles. The molecule has 0 bridgehead atoms. The van der Waals surface area contributed by atoms with E-state index in [4.69, 9.17) is 9.52 Å². The van der Waals surface area contributed by atoms with Gasteiger partial charge in [-0.2, -0.15) is 0 Å². The van der Waals surface area contributed by atoms with Crippen molar-refractivity contribution in [2.45, 2.75) is 31.7 Å². The molecule has 8 nitrogen and oxygen atoms in total. The molecule has 0 aliphatic heterocycles. The average Bonchev–Trinajstić information content (AvgIpc) is 2.61. The standard InChI is InChI=1S/C10H14N4O4/c1-6-13-14-9(18-6)12-7(15)5-11-10(8(16)17)3-2-4-10/h11H,2-5H2,1H3,(H,16,17)(H,12,14,15). The van der Waals surface area contributed by atoms with Crippen LogP contribution in [0.4, 0.5) is 6.01 Å². The number of nitrogens with one attached hydrogen (secondary N) is 2. The van der Waals surface area contributed by atoms with Crippen molar-refractivity contribution in [3.63, 3.8) is 0 Å². The molecule has 2 rings (SSSR count). The Morgan fingerprint density at radius 2 is 2.17 bits per heavy atom. The van der Waals surface area contributed by atoms with Crippen LogP contribution in [0.1, 0.15) is 25.2 Å². The summed E-state index contributed by atoms with van der Waals surface area (Å²) >= 11 is 0. The molecule has 1 aliphatic carbocycles. The van der Waals surface area contributed by atoms with E-state index in [9.17, 15) is 9.59 Å². The summed E-state index contributed by atoms with van der Waals surface area (Å²) in [5, 5.41) is 21.4. The molecule has 1 heterocycles. The van der Waals surface area contributed by atoms with E-state index in [1.54, 1.807) is 6.92 Å². The highest BCUT2D eigenvalue weighted by atomic mass is 16.4. The zero-order valence-electron chi connectivity index (χ0n) is 9.89. The molecule has 8 heteroatoms. The molecule has 0 radical (unpaired) electrons. The van der Waals surface area contributed by atoms with E-state index in [-0.39, 0.29) is 12.6 Å². The molecule has 1 aliphatic rings. The third-order valence-corrected chi connectivity index (χ3v) is 2.98. The summed E-state index contributed by atoms with van der Waals surface area (Å²) in [5.41, 5.74) is -0.956. The van der Waals surface area contributed by atoms with Crippen LogP contribution in [0.5, 0.6) is 0 Å². The number of aryl methyl sites for hydroxylation is 1. The van der Waals surface area contributed by atoms with Gasteiger partial charge in [0.25, 0.3) is 0 Å². The second-order valence-electron chi connectivity index (χ2n) is 4.27. The highest BCUT2D eigenvalue weighted by molar-refractivity contribution is 5.91. The number of aliphatic carboxylic acids is 1. The van der Waals surface area contributed by atoms with Crippen molar-refractivity contribution in [2.75, 3.05) is 11.9 Å². The highest BCUT2D eigenvalue weighted by Gasteiger charge is 2.44. The number of anilines is 1. The van der Waals surface area contributed by atoms with Crippen LogP contribution in [-0.2, 0) is 9.59 Å². The number of hydrogen-bond donors (Lipinski definition) is 3. The Labute approximate surface area is 103 Å². The third-order valence-electron chi connectivity index (χ3n) is 2.98. The van der Waals surface area contributed by atoms with Crippen LogP contribution in [0.15, 0.2) is 4.42 Å². The number of rotatable bonds is 5. The van der Waals surface area contributed by atoms with Gasteiger partial charge in [-0.05, 0) is 19.3 Å². The molecule has 3 N–H and O–H groups in total. The van der Waals surface area contributed by atoms with Crippen molar-refractivity contribution in [3.8, 4) is 0 Å². The first kappa shape index (κ1) is 12.5. The van der Waals surface area contributed by atoms with Gasteiger partial charge in [0.15, 0.2) is 0 Å². The Bertz CT molecular complexity index is 466. The normalized spacial score (nSPS) is 16.9. The van der Waals surface area contributed by atoms with E-state index < -0.39 is 17.4 Å². The summed E-state index contributed by atoms with van der Waals surface area (Å²) in [6, 6.07) is 0.0114. The summed E-state index contributed by atoms with van der Waals surface area (Å²) in [7, 11) is 0. The first-order valence-corrected chi connectivity index (χ1v) is 5.60. The molecule has 98 valence electrons. The topological polar surface area (TPSA) is 117 Å². The van der Waals surface area contributed by atoms with Gasteiger partial charge in [0.1, 0.15) is 5.54 Å². The van der Waals surface area contributed by atoms with Crippen LogP contribution in [0, 0.1) is 6.92 Å². The van der Waals surface area contributed by atoms with Crippen molar-refractivity contribution < 1.29 is 19.1 Å². The van der Waals surface area contributed by atoms with Crippen LogP contribution in [0.25, 0.3) is 0 Å². The monoisotopic (exact) mass is 254 g/mol. The molecule has 0 unspecified atom stereocenters. The number of amides is 1. The lowest BCUT2D eigenvalue weighted by Gasteiger charge is -2.38. The van der Waals surface area contributed by atoms with Crippen LogP contribution < -0.4 is 10.6 Å². The minimum Gasteiger partial charge on any atom is -0.480 e. The molecule has 1 aromatic rings. The molecule has 0 atom stereocenters. The van der Waals surface area contributed by atoms with Crippen molar-refractivity contribution in [3.05, 3.63) is 5.89 Å². The molecular formula is C10H14N4O4. The Hall–Kier alpha value is -1.96. The molecule has 0 spiro atoms. The molecule has 18 heavy (non-hydrogen) atoms. The van der Waals surface area contributed by atoms with Gasteiger partial charge in [-0.15, -0.1) is 5.10 Å². The summed E-state index contributed by atoms with van der Waals surface area (Å²) in [5.74, 6) is -0.986. The maximum absolute atomic E-state index is 11.5. The Morgan fingerprint density at radius 3 is 2.61 bits per heavy atom. The predicted octanol–water partition coefficient (Wildman–Crippen LogP) is -0.0866. The smallest absolute Gasteiger partial charge is 0.323 e. The predicted molar refractivity (Wildman–Crippen MR) is 59.9 cm³/mol. The zero-order valence-corrected chi connectivity index (χ0v) is 9.89. The Morgan fingerprint density at radius 1 is 1.44 bits per heavy atom. The van der Waals surface area contributed by atoms with E-state index >= 15 is 0 Å². The number of carboxylic acid groups (broad SMARTS) is 1. The van der Waals surface area contributed by atoms with Gasteiger partial charge in [0.2, 0.25) is 11.8 Å². The fourth-order valence-electron chi connectivity index (χ4n) is 1.76. The number of carboxylic acids is 1. The lowest BCUT2D eigenvalue weighted by Crippen LogP contribution is -2.58. The zero-order chi connectivity index (χ0) is 13.2. The number of nitrogens with zero attached hydrogens (tertiary/aromatic N) is 2. The van der Waals surface area contributed by atoms with E-state index in [0.29, 0.717) is 18.7 Å². The van der Waals surface area contributed by atoms with E-state index in [1.165, 1.54) is 0 Å². The van der Waals surface area contributed by atoms with E-state index in [1.807, 2.05) is 0 Å². The van der Waals surface area contributed by atoms with Crippen LogP contribution in [0.2, 0.25) is 0 Å². The average molecular weight is 254 g/mol. The fraction of sp³-hybridized carbons (Fsp3) is 0.600. The van der Waals surface area contributed by atoms with Gasteiger partial charge in [0, 0.05) is 6.92 Å². The summed E-state index contributed by atoms with van der Waals surface area (Å²) in [4.78, 5) is 22.6. The number of carbonyl (C=O) groups is 2. The molecule has 0 aromatic carbocycles. The lowest BCUT2D eigenvalue weighted by molar-refractivity contribution is -0.148. The lowest BCUT2D eigenvalue weighted by atomic mass is 9.77. The molecule has 1 fully saturated rings. The minimum atomic E-state index is -0.956. The quantitative estimate of drug-likeness (QED) is 0.672. The molecular weight excluding hydrogens is 240 g/mol. The van der Waals surface area contributed by atoms with Gasteiger partial charge >= 0.3 is 12.0 Å². The molecule has 1 aromatic heterocycles. The maximum atomic E-state index is 11.5. The van der Waals surface area contributed by atoms with Crippen molar-refractivity contribution in [2.24, 2.45) is 0 Å². The summed E-state index contributed by atoms with van der Waals surface area (Å²) in [6.07, 6.45) is 1.92. The first-order chi connectivity index (χ1) is 8.52. The second kappa shape index (κ2) is 4.73. The van der Waals surface area contributed by atoms with Gasteiger partial charge in [-0.1, -0.05) is 5.10 Å². The molecule has 1 saturated carbocycles. The second-order valence-corrected chi connectivity index (χ2v) is 4.27. The van der Waals surface area contributed by atoms with Gasteiger partial charge in [-0.3, -0.25) is 20.2 Å². The number of aromatic nitrogens is 2. The van der Waals surface area contributed by atoms with Crippen LogP contribution in [-0.4, -0.2) is 39.3 Å². The number of carbonyl (C=O) groups excluding carboxylic acids is 1. The number of hydrogen-bond acceptors (Lipinski definition) is 6. The Balaban J connectivity index is 1.83. The van der Waals surface area contributed by atoms with Crippen LogP contribution >= 0.6 is 0 Å². The van der Waals surface area contributed by atoms with Gasteiger partial charge in [-0.25, -0.2) is 0 Å². The van der Waals surface area contributed by atoms with Gasteiger partial charge < -0.3 is 9.52 Å². The minimum absolute atomic E-state index is 0.0114. The van der Waals surface area contributed by atoms with E-state index in [0.717, 1.165) is 6.42 Å². The fourth-order valence-corrected chi connectivity index (χ4v) is 1.76. The SMILES string of the molecule is Cc1nnc(NC(=O)CNC2(C(=O)O)CCC2)o1. The first-order valence-electron chi connectivity index (χ1n) is 5.60. The van der Waals surface area contributed by atoms with Crippen LogP contribution in [0.3, 0.4) is 0 Å². The van der Waals surface area contributed by atoms with Gasteiger partial charge in [0.05, 0.1) is 6.54 Å². The van der Waals surface area contributed by atoms with Crippen molar-refractivity contribution in [1.82, 2.24) is 15.5 Å². The maximum Gasteiger partial charge on any atom is 0.323 e. The summed E-state index contributed by atoms with van der Waals surface area (Å²) in [6.45, 7) is 1.50.